The highest BCUT2D eigenvalue weighted by Gasteiger charge is 2.33. The quantitative estimate of drug-likeness (QED) is 0.805. The van der Waals surface area contributed by atoms with Gasteiger partial charge in [-0.2, -0.15) is 13.2 Å². The predicted molar refractivity (Wildman–Crippen MR) is 89.6 cm³/mol. The van der Waals surface area contributed by atoms with Gasteiger partial charge in [-0.1, -0.05) is 6.07 Å². The van der Waals surface area contributed by atoms with E-state index in [-0.39, 0.29) is 11.3 Å². The average molecular weight is 370 g/mol. The number of amides is 1. The van der Waals surface area contributed by atoms with Gasteiger partial charge in [-0.25, -0.2) is 0 Å². The molecule has 0 aliphatic carbocycles. The fourth-order valence-electron chi connectivity index (χ4n) is 2.72. The first-order chi connectivity index (χ1) is 11.9. The smallest absolute Gasteiger partial charge is 0.383 e. The first-order valence-corrected chi connectivity index (χ1v) is 8.70. The van der Waals surface area contributed by atoms with Crippen molar-refractivity contribution < 1.29 is 22.7 Å². The van der Waals surface area contributed by atoms with E-state index in [1.807, 2.05) is 6.07 Å². The number of thioether (sulfide) groups is 1. The number of hydrogen-bond donors (Lipinski definition) is 0. The van der Waals surface area contributed by atoms with Crippen LogP contribution in [0.1, 0.15) is 16.5 Å². The molecule has 4 nitrogen and oxygen atoms in total. The molecule has 0 spiro atoms. The molecule has 8 heteroatoms. The summed E-state index contributed by atoms with van der Waals surface area (Å²) in [5, 5.41) is -0.144. The van der Waals surface area contributed by atoms with E-state index in [2.05, 4.69) is 0 Å². The minimum Gasteiger partial charge on any atom is -0.383 e. The number of halogens is 3. The van der Waals surface area contributed by atoms with E-state index in [0.717, 1.165) is 17.7 Å². The molecule has 25 heavy (non-hydrogen) atoms. The number of benzene rings is 1. The molecule has 134 valence electrons. The Morgan fingerprint density at radius 1 is 1.32 bits per heavy atom. The van der Waals surface area contributed by atoms with Crippen molar-refractivity contribution in [1.29, 1.82) is 0 Å². The van der Waals surface area contributed by atoms with Crippen LogP contribution in [0.15, 0.2) is 42.7 Å². The van der Waals surface area contributed by atoms with Crippen LogP contribution in [0.4, 0.5) is 13.2 Å². The molecule has 1 fully saturated rings. The number of alkyl halides is 3. The molecular formula is C17H17F3N2O2S. The van der Waals surface area contributed by atoms with Crippen molar-refractivity contribution in [3.05, 3.63) is 53.9 Å². The monoisotopic (exact) mass is 370 g/mol. The lowest BCUT2D eigenvalue weighted by molar-refractivity contribution is -0.137. The number of carbonyl (C=O) groups is 1. The summed E-state index contributed by atoms with van der Waals surface area (Å²) in [5.74, 6) is 0.433. The number of ether oxygens (including phenoxy) is 1. The number of rotatable bonds is 5. The standard InChI is InChI=1S/C17H17F3N2O2S/c1-24-8-7-22-15(23)11-25-16(22)12-5-6-21(10-12)14-4-2-3-13(9-14)17(18,19)20/h2-6,9-10,16H,7-8,11H2,1H3. The maximum absolute atomic E-state index is 12.9. The minimum atomic E-state index is -4.38. The van der Waals surface area contributed by atoms with E-state index in [0.29, 0.717) is 24.6 Å². The van der Waals surface area contributed by atoms with Gasteiger partial charge in [0.25, 0.3) is 0 Å². The molecule has 1 aromatic carbocycles. The average Bonchev–Trinajstić information content (AvgIpc) is 3.19. The van der Waals surface area contributed by atoms with E-state index in [9.17, 15) is 18.0 Å². The van der Waals surface area contributed by atoms with Gasteiger partial charge >= 0.3 is 6.18 Å². The molecule has 1 atom stereocenters. The van der Waals surface area contributed by atoms with Crippen LogP contribution >= 0.6 is 11.8 Å². The van der Waals surface area contributed by atoms with Gasteiger partial charge in [0, 0.05) is 37.3 Å². The lowest BCUT2D eigenvalue weighted by Crippen LogP contribution is -2.31. The number of nitrogens with zero attached hydrogens (tertiary/aromatic N) is 2. The molecule has 1 aliphatic heterocycles. The summed E-state index contributed by atoms with van der Waals surface area (Å²) in [6, 6.07) is 6.99. The van der Waals surface area contributed by atoms with Gasteiger partial charge in [-0.15, -0.1) is 11.8 Å². The largest absolute Gasteiger partial charge is 0.416 e. The molecule has 1 aromatic heterocycles. The van der Waals surface area contributed by atoms with E-state index >= 15 is 0 Å². The maximum atomic E-state index is 12.9. The normalized spacial score (nSPS) is 18.2. The third-order valence-electron chi connectivity index (χ3n) is 3.98. The first-order valence-electron chi connectivity index (χ1n) is 7.65. The first kappa shape index (κ1) is 17.9. The summed E-state index contributed by atoms with van der Waals surface area (Å²) in [6.07, 6.45) is -0.898. The zero-order chi connectivity index (χ0) is 18.0. The second-order valence-electron chi connectivity index (χ2n) is 5.64. The van der Waals surface area contributed by atoms with Gasteiger partial charge in [-0.3, -0.25) is 4.79 Å². The lowest BCUT2D eigenvalue weighted by Gasteiger charge is -2.22. The lowest BCUT2D eigenvalue weighted by atomic mass is 10.2. The van der Waals surface area contributed by atoms with Crippen LogP contribution in [-0.4, -0.2) is 41.4 Å². The second-order valence-corrected chi connectivity index (χ2v) is 6.71. The Balaban J connectivity index is 1.84. The Hall–Kier alpha value is -1.93. The maximum Gasteiger partial charge on any atom is 0.416 e. The van der Waals surface area contributed by atoms with E-state index in [1.54, 1.807) is 35.0 Å². The van der Waals surface area contributed by atoms with Crippen molar-refractivity contribution in [3.63, 3.8) is 0 Å². The van der Waals surface area contributed by atoms with Gasteiger partial charge in [0.2, 0.25) is 5.91 Å². The summed E-state index contributed by atoms with van der Waals surface area (Å²) in [6.45, 7) is 0.929. The van der Waals surface area contributed by atoms with Crippen molar-refractivity contribution in [3.8, 4) is 5.69 Å². The van der Waals surface area contributed by atoms with E-state index < -0.39 is 11.7 Å². The highest BCUT2D eigenvalue weighted by atomic mass is 32.2. The summed E-state index contributed by atoms with van der Waals surface area (Å²) >= 11 is 1.51. The molecule has 1 unspecified atom stereocenters. The molecule has 0 bridgehead atoms. The Labute approximate surface area is 147 Å². The van der Waals surface area contributed by atoms with Gasteiger partial charge in [0.15, 0.2) is 0 Å². The van der Waals surface area contributed by atoms with Crippen molar-refractivity contribution in [2.45, 2.75) is 11.6 Å². The van der Waals surface area contributed by atoms with Crippen molar-refractivity contribution >= 4 is 17.7 Å². The van der Waals surface area contributed by atoms with E-state index in [1.165, 1.54) is 17.8 Å². The van der Waals surface area contributed by atoms with Crippen LogP contribution in [0.25, 0.3) is 5.69 Å². The zero-order valence-corrected chi connectivity index (χ0v) is 14.3. The van der Waals surface area contributed by atoms with Crippen LogP contribution in [0.3, 0.4) is 0 Å². The van der Waals surface area contributed by atoms with Crippen LogP contribution in [0.5, 0.6) is 0 Å². The molecular weight excluding hydrogens is 353 g/mol. The van der Waals surface area contributed by atoms with Crippen LogP contribution < -0.4 is 0 Å². The third kappa shape index (κ3) is 3.85. The molecule has 0 N–H and O–H groups in total. The second kappa shape index (κ2) is 7.13. The summed E-state index contributed by atoms with van der Waals surface area (Å²) in [5.41, 5.74) is 0.621. The summed E-state index contributed by atoms with van der Waals surface area (Å²) in [4.78, 5) is 13.7. The van der Waals surface area contributed by atoms with Gasteiger partial charge in [-0.05, 0) is 24.3 Å². The molecule has 2 heterocycles. The van der Waals surface area contributed by atoms with Crippen molar-refractivity contribution in [2.24, 2.45) is 0 Å². The number of methoxy groups -OCH3 is 1. The Bertz CT molecular complexity index is 760. The van der Waals surface area contributed by atoms with Gasteiger partial charge in [0.1, 0.15) is 5.37 Å². The molecule has 1 saturated heterocycles. The number of hydrogen-bond acceptors (Lipinski definition) is 3. The molecule has 0 radical (unpaired) electrons. The van der Waals surface area contributed by atoms with Crippen LogP contribution in [0.2, 0.25) is 0 Å². The highest BCUT2D eigenvalue weighted by molar-refractivity contribution is 8.00. The highest BCUT2D eigenvalue weighted by Crippen LogP contribution is 2.39. The zero-order valence-electron chi connectivity index (χ0n) is 13.5. The van der Waals surface area contributed by atoms with Gasteiger partial charge < -0.3 is 14.2 Å². The summed E-state index contributed by atoms with van der Waals surface area (Å²) in [7, 11) is 1.58. The predicted octanol–water partition coefficient (Wildman–Crippen LogP) is 3.72. The van der Waals surface area contributed by atoms with Crippen molar-refractivity contribution in [2.75, 3.05) is 26.0 Å². The van der Waals surface area contributed by atoms with Gasteiger partial charge in [0.05, 0.1) is 17.9 Å². The van der Waals surface area contributed by atoms with Crippen LogP contribution in [-0.2, 0) is 15.7 Å². The molecule has 1 amide bonds. The Morgan fingerprint density at radius 2 is 2.12 bits per heavy atom. The Morgan fingerprint density at radius 3 is 2.84 bits per heavy atom. The fraction of sp³-hybridized carbons (Fsp3) is 0.353. The molecule has 2 aromatic rings. The SMILES string of the molecule is COCCN1C(=O)CSC1c1ccn(-c2cccc(C(F)(F)F)c2)c1. The Kier molecular flexibility index (Phi) is 5.10. The molecule has 0 saturated carbocycles. The third-order valence-corrected chi connectivity index (χ3v) is 5.23. The fourth-order valence-corrected chi connectivity index (χ4v) is 3.93. The summed E-state index contributed by atoms with van der Waals surface area (Å²) < 4.78 is 45.3. The van der Waals surface area contributed by atoms with Crippen molar-refractivity contribution in [1.82, 2.24) is 9.47 Å². The number of carbonyl (C=O) groups excluding carboxylic acids is 1. The topological polar surface area (TPSA) is 34.5 Å². The molecule has 3 rings (SSSR count). The van der Waals surface area contributed by atoms with E-state index in [4.69, 9.17) is 4.74 Å². The van der Waals surface area contributed by atoms with Crippen LogP contribution in [0, 0.1) is 0 Å². The molecule has 1 aliphatic rings. The minimum absolute atomic E-state index is 0.0406. The number of aromatic nitrogens is 1.